The van der Waals surface area contributed by atoms with E-state index >= 15 is 0 Å². The van der Waals surface area contributed by atoms with Crippen molar-refractivity contribution in [3.8, 4) is 17.2 Å². The second-order valence-electron chi connectivity index (χ2n) is 8.08. The van der Waals surface area contributed by atoms with Crippen LogP contribution in [0, 0.1) is 0 Å². The lowest BCUT2D eigenvalue weighted by Gasteiger charge is -2.20. The summed E-state index contributed by atoms with van der Waals surface area (Å²) in [6.45, 7) is 4.38. The van der Waals surface area contributed by atoms with Gasteiger partial charge in [0.15, 0.2) is 11.5 Å². The molecule has 2 aliphatic heterocycles. The molecule has 2 aromatic carbocycles. The molecule has 0 bridgehead atoms. The number of hydrogen-bond donors (Lipinski definition) is 0. The molecule has 174 valence electrons. The fourth-order valence-corrected chi connectivity index (χ4v) is 4.42. The lowest BCUT2D eigenvalue weighted by molar-refractivity contribution is -0.137. The van der Waals surface area contributed by atoms with Gasteiger partial charge in [0.1, 0.15) is 11.4 Å². The first kappa shape index (κ1) is 22.7. The van der Waals surface area contributed by atoms with Crippen LogP contribution < -0.4 is 14.2 Å². The van der Waals surface area contributed by atoms with Crippen molar-refractivity contribution in [2.75, 3.05) is 40.5 Å². The van der Waals surface area contributed by atoms with E-state index in [2.05, 4.69) is 4.90 Å². The van der Waals surface area contributed by atoms with Crippen molar-refractivity contribution < 1.29 is 23.8 Å². The van der Waals surface area contributed by atoms with Crippen LogP contribution >= 0.6 is 0 Å². The highest BCUT2D eigenvalue weighted by Gasteiger charge is 2.41. The first-order valence-corrected chi connectivity index (χ1v) is 11.4. The Morgan fingerprint density at radius 3 is 2.21 bits per heavy atom. The second-order valence-corrected chi connectivity index (χ2v) is 8.08. The Labute approximate surface area is 194 Å². The number of likely N-dealkylation sites (tertiary alicyclic amines) is 1. The molecule has 0 saturated carbocycles. The summed E-state index contributed by atoms with van der Waals surface area (Å²) in [6.07, 6.45) is 2.57. The van der Waals surface area contributed by atoms with E-state index in [-0.39, 0.29) is 11.8 Å². The number of hydrogen-bond acceptors (Lipinski definition) is 6. The molecule has 1 fully saturated rings. The predicted octanol–water partition coefficient (Wildman–Crippen LogP) is 3.52. The summed E-state index contributed by atoms with van der Waals surface area (Å²) < 4.78 is 16.2. The van der Waals surface area contributed by atoms with E-state index < -0.39 is 0 Å². The smallest absolute Gasteiger partial charge is 0.277 e. The van der Waals surface area contributed by atoms with Crippen LogP contribution in [0.3, 0.4) is 0 Å². The molecule has 4 rings (SSSR count). The van der Waals surface area contributed by atoms with E-state index in [0.29, 0.717) is 42.3 Å². The molecule has 2 aromatic rings. The summed E-state index contributed by atoms with van der Waals surface area (Å²) in [5, 5.41) is 0. The monoisotopic (exact) mass is 450 g/mol. The van der Waals surface area contributed by atoms with Crippen LogP contribution in [0.25, 0.3) is 5.57 Å². The van der Waals surface area contributed by atoms with Gasteiger partial charge in [0, 0.05) is 19.6 Å². The van der Waals surface area contributed by atoms with Crippen molar-refractivity contribution in [2.45, 2.75) is 26.2 Å². The van der Waals surface area contributed by atoms with E-state index in [9.17, 15) is 9.59 Å². The Kier molecular flexibility index (Phi) is 6.87. The zero-order valence-corrected chi connectivity index (χ0v) is 19.4. The van der Waals surface area contributed by atoms with Gasteiger partial charge in [0.2, 0.25) is 0 Å². The van der Waals surface area contributed by atoms with Crippen LogP contribution in [0.5, 0.6) is 17.2 Å². The number of methoxy groups -OCH3 is 2. The molecule has 2 heterocycles. The average molecular weight is 451 g/mol. The molecule has 7 heteroatoms. The maximum absolute atomic E-state index is 13.5. The van der Waals surface area contributed by atoms with Crippen molar-refractivity contribution in [3.05, 3.63) is 59.3 Å². The van der Waals surface area contributed by atoms with Gasteiger partial charge in [-0.05, 0) is 61.6 Å². The normalized spacial score (nSPS) is 16.1. The number of nitrogens with zero attached hydrogens (tertiary/aromatic N) is 2. The number of carbonyl (C=O) groups is 2. The van der Waals surface area contributed by atoms with Crippen molar-refractivity contribution >= 4 is 17.4 Å². The van der Waals surface area contributed by atoms with Crippen molar-refractivity contribution in [2.24, 2.45) is 0 Å². The molecule has 0 atom stereocenters. The highest BCUT2D eigenvalue weighted by atomic mass is 16.5. The molecule has 1 saturated heterocycles. The van der Waals surface area contributed by atoms with Gasteiger partial charge in [-0.3, -0.25) is 14.5 Å². The molecule has 0 radical (unpaired) electrons. The first-order chi connectivity index (χ1) is 16.1. The summed E-state index contributed by atoms with van der Waals surface area (Å²) in [7, 11) is 3.18. The average Bonchev–Trinajstić information content (AvgIpc) is 3.44. The fourth-order valence-electron chi connectivity index (χ4n) is 4.42. The Balaban J connectivity index is 1.59. The molecule has 0 N–H and O–H groups in total. The van der Waals surface area contributed by atoms with Crippen LogP contribution in [0.2, 0.25) is 0 Å². The molecule has 2 aliphatic rings. The summed E-state index contributed by atoms with van der Waals surface area (Å²) in [5.41, 5.74) is 2.71. The Morgan fingerprint density at radius 2 is 1.58 bits per heavy atom. The lowest BCUT2D eigenvalue weighted by atomic mass is 10.0. The van der Waals surface area contributed by atoms with E-state index in [0.717, 1.165) is 42.8 Å². The Hall–Kier alpha value is -3.48. The van der Waals surface area contributed by atoms with Gasteiger partial charge in [-0.1, -0.05) is 18.2 Å². The predicted molar refractivity (Wildman–Crippen MR) is 125 cm³/mol. The molecule has 2 amide bonds. The molecule has 33 heavy (non-hydrogen) atoms. The maximum atomic E-state index is 13.5. The fraction of sp³-hybridized carbons (Fsp3) is 0.385. The van der Waals surface area contributed by atoms with Gasteiger partial charge in [-0.15, -0.1) is 0 Å². The van der Waals surface area contributed by atoms with Crippen molar-refractivity contribution in [3.63, 3.8) is 0 Å². The molecular weight excluding hydrogens is 420 g/mol. The van der Waals surface area contributed by atoms with Crippen LogP contribution in [0.15, 0.2) is 48.2 Å². The van der Waals surface area contributed by atoms with Gasteiger partial charge in [-0.2, -0.15) is 0 Å². The van der Waals surface area contributed by atoms with Crippen LogP contribution in [0.4, 0.5) is 0 Å². The highest BCUT2D eigenvalue weighted by molar-refractivity contribution is 6.35. The molecule has 0 aromatic heterocycles. The van der Waals surface area contributed by atoms with Crippen molar-refractivity contribution in [1.82, 2.24) is 9.80 Å². The van der Waals surface area contributed by atoms with E-state index in [1.165, 1.54) is 4.90 Å². The number of rotatable bonds is 9. The van der Waals surface area contributed by atoms with E-state index in [1.54, 1.807) is 14.2 Å². The van der Waals surface area contributed by atoms with Crippen molar-refractivity contribution in [1.29, 1.82) is 0 Å². The molecule has 0 spiro atoms. The third kappa shape index (κ3) is 4.53. The minimum atomic E-state index is -0.244. The summed E-state index contributed by atoms with van der Waals surface area (Å²) in [6, 6.07) is 13.1. The molecular formula is C26H30N2O5. The Morgan fingerprint density at radius 1 is 0.879 bits per heavy atom. The van der Waals surface area contributed by atoms with Crippen LogP contribution in [0.1, 0.15) is 30.9 Å². The van der Waals surface area contributed by atoms with Gasteiger partial charge in [0.05, 0.1) is 26.4 Å². The van der Waals surface area contributed by atoms with Crippen LogP contribution in [-0.4, -0.2) is 62.1 Å². The second kappa shape index (κ2) is 9.98. The van der Waals surface area contributed by atoms with Gasteiger partial charge in [-0.25, -0.2) is 0 Å². The van der Waals surface area contributed by atoms with Gasteiger partial charge < -0.3 is 19.1 Å². The SMILES string of the molecule is CCOc1ccc(C2=C(N3CCCC3)C(=O)N(CCc3ccc(OC)c(OC)c3)C2=O)cc1. The number of carbonyl (C=O) groups excluding carboxylic acids is 2. The number of amides is 2. The lowest BCUT2D eigenvalue weighted by Crippen LogP contribution is -2.36. The molecule has 0 aliphatic carbocycles. The van der Waals surface area contributed by atoms with Crippen LogP contribution in [-0.2, 0) is 16.0 Å². The zero-order chi connectivity index (χ0) is 23.4. The van der Waals surface area contributed by atoms with E-state index in [1.807, 2.05) is 49.4 Å². The standard InChI is InChI=1S/C26H30N2O5/c1-4-33-20-10-8-19(9-11-20)23-24(27-14-5-6-15-27)26(30)28(25(23)29)16-13-18-7-12-21(31-2)22(17-18)32-3/h7-12,17H,4-6,13-16H2,1-3H3. The minimum Gasteiger partial charge on any atom is -0.494 e. The number of imide groups is 1. The minimum absolute atomic E-state index is 0.216. The third-order valence-electron chi connectivity index (χ3n) is 6.09. The summed E-state index contributed by atoms with van der Waals surface area (Å²) in [5.74, 6) is 1.55. The maximum Gasteiger partial charge on any atom is 0.277 e. The Bertz CT molecular complexity index is 1050. The summed E-state index contributed by atoms with van der Waals surface area (Å²) >= 11 is 0. The summed E-state index contributed by atoms with van der Waals surface area (Å²) in [4.78, 5) is 30.3. The van der Waals surface area contributed by atoms with Gasteiger partial charge in [0.25, 0.3) is 11.8 Å². The topological polar surface area (TPSA) is 68.3 Å². The highest BCUT2D eigenvalue weighted by Crippen LogP contribution is 2.34. The largest absolute Gasteiger partial charge is 0.494 e. The number of benzene rings is 2. The quantitative estimate of drug-likeness (QED) is 0.545. The zero-order valence-electron chi connectivity index (χ0n) is 19.4. The molecule has 7 nitrogen and oxygen atoms in total. The molecule has 0 unspecified atom stereocenters. The number of ether oxygens (including phenoxy) is 3. The van der Waals surface area contributed by atoms with E-state index in [4.69, 9.17) is 14.2 Å². The first-order valence-electron chi connectivity index (χ1n) is 11.4. The third-order valence-corrected chi connectivity index (χ3v) is 6.09. The van der Waals surface area contributed by atoms with Gasteiger partial charge >= 0.3 is 0 Å².